The van der Waals surface area contributed by atoms with Crippen LogP contribution in [0.2, 0.25) is 0 Å². The molecule has 1 atom stereocenters. The summed E-state index contributed by atoms with van der Waals surface area (Å²) < 4.78 is 5.53. The minimum atomic E-state index is 0.114. The van der Waals surface area contributed by atoms with Gasteiger partial charge in [0.2, 0.25) is 5.88 Å². The third-order valence-electron chi connectivity index (χ3n) is 2.20. The number of aromatic nitrogens is 1. The Labute approximate surface area is 87.1 Å². The minimum absolute atomic E-state index is 0.114. The molecule has 0 aromatic carbocycles. The minimum Gasteiger partial charge on any atom is -0.493 e. The van der Waals surface area contributed by atoms with E-state index in [9.17, 15) is 0 Å². The van der Waals surface area contributed by atoms with Crippen LogP contribution in [0.5, 0.6) is 5.88 Å². The molecule has 2 heterocycles. The second-order valence-corrected chi connectivity index (χ2v) is 4.31. The molecule has 1 saturated heterocycles. The molecule has 4 nitrogen and oxygen atoms in total. The zero-order chi connectivity index (χ0) is 9.97. The molecule has 1 aliphatic heterocycles. The van der Waals surface area contributed by atoms with Crippen molar-refractivity contribution in [3.63, 3.8) is 0 Å². The van der Waals surface area contributed by atoms with Gasteiger partial charge in [-0.15, -0.1) is 11.3 Å². The van der Waals surface area contributed by atoms with Gasteiger partial charge in [0.25, 0.3) is 0 Å². The van der Waals surface area contributed by atoms with E-state index in [1.54, 1.807) is 5.38 Å². The highest BCUT2D eigenvalue weighted by Gasteiger charge is 2.17. The van der Waals surface area contributed by atoms with Gasteiger partial charge in [-0.05, 0) is 13.3 Å². The Kier molecular flexibility index (Phi) is 2.88. The SMILES string of the molecule is CC1CN(c2nc(O)cs2)CCCO1. The zero-order valence-corrected chi connectivity index (χ0v) is 8.96. The molecule has 14 heavy (non-hydrogen) atoms. The summed E-state index contributed by atoms with van der Waals surface area (Å²) in [5.74, 6) is 0.114. The smallest absolute Gasteiger partial charge is 0.223 e. The number of nitrogens with zero attached hydrogens (tertiary/aromatic N) is 2. The molecular formula is C9H14N2O2S. The van der Waals surface area contributed by atoms with Gasteiger partial charge in [-0.3, -0.25) is 0 Å². The van der Waals surface area contributed by atoms with E-state index >= 15 is 0 Å². The average molecular weight is 214 g/mol. The lowest BCUT2D eigenvalue weighted by molar-refractivity contribution is 0.0821. The van der Waals surface area contributed by atoms with Crippen molar-refractivity contribution in [2.45, 2.75) is 19.4 Å². The van der Waals surface area contributed by atoms with E-state index < -0.39 is 0 Å². The molecule has 5 heteroatoms. The van der Waals surface area contributed by atoms with Gasteiger partial charge in [-0.1, -0.05) is 0 Å². The number of hydrogen-bond acceptors (Lipinski definition) is 5. The van der Waals surface area contributed by atoms with E-state index in [0.29, 0.717) is 0 Å². The first-order chi connectivity index (χ1) is 6.75. The Morgan fingerprint density at radius 2 is 2.57 bits per heavy atom. The molecule has 1 N–H and O–H groups in total. The number of thiazole rings is 1. The fourth-order valence-electron chi connectivity index (χ4n) is 1.57. The molecular weight excluding hydrogens is 200 g/mol. The summed E-state index contributed by atoms with van der Waals surface area (Å²) in [6, 6.07) is 0. The number of rotatable bonds is 1. The highest BCUT2D eigenvalue weighted by Crippen LogP contribution is 2.25. The molecule has 0 saturated carbocycles. The Hall–Kier alpha value is -0.810. The Morgan fingerprint density at radius 1 is 1.71 bits per heavy atom. The molecule has 2 rings (SSSR count). The lowest BCUT2D eigenvalue weighted by Gasteiger charge is -2.20. The third-order valence-corrected chi connectivity index (χ3v) is 3.09. The first kappa shape index (κ1) is 9.73. The quantitative estimate of drug-likeness (QED) is 0.769. The normalized spacial score (nSPS) is 23.5. The topological polar surface area (TPSA) is 45.6 Å². The molecule has 0 spiro atoms. The van der Waals surface area contributed by atoms with Crippen molar-refractivity contribution in [3.05, 3.63) is 5.38 Å². The van der Waals surface area contributed by atoms with Gasteiger partial charge >= 0.3 is 0 Å². The Bertz CT molecular complexity index is 303. The predicted molar refractivity (Wildman–Crippen MR) is 56.0 cm³/mol. The van der Waals surface area contributed by atoms with Crippen LogP contribution in [0.4, 0.5) is 5.13 Å². The highest BCUT2D eigenvalue weighted by molar-refractivity contribution is 7.13. The van der Waals surface area contributed by atoms with Crippen molar-refractivity contribution in [2.24, 2.45) is 0 Å². The van der Waals surface area contributed by atoms with Gasteiger partial charge < -0.3 is 14.7 Å². The van der Waals surface area contributed by atoms with Gasteiger partial charge in [-0.25, -0.2) is 0 Å². The van der Waals surface area contributed by atoms with Gasteiger partial charge in [0, 0.05) is 19.7 Å². The van der Waals surface area contributed by atoms with Crippen molar-refractivity contribution in [1.82, 2.24) is 4.98 Å². The second-order valence-electron chi connectivity index (χ2n) is 3.47. The molecule has 1 aliphatic rings. The van der Waals surface area contributed by atoms with E-state index in [4.69, 9.17) is 9.84 Å². The standard InChI is InChI=1S/C9H14N2O2S/c1-7-5-11(3-2-4-13-7)9-10-8(12)6-14-9/h6-7,12H,2-5H2,1H3. The van der Waals surface area contributed by atoms with E-state index in [1.807, 2.05) is 0 Å². The zero-order valence-electron chi connectivity index (χ0n) is 8.14. The molecule has 0 amide bonds. The molecule has 1 aromatic heterocycles. The largest absolute Gasteiger partial charge is 0.493 e. The van der Waals surface area contributed by atoms with E-state index in [-0.39, 0.29) is 12.0 Å². The van der Waals surface area contributed by atoms with E-state index in [2.05, 4.69) is 16.8 Å². The lowest BCUT2D eigenvalue weighted by Crippen LogP contribution is -2.29. The maximum atomic E-state index is 9.16. The molecule has 1 unspecified atom stereocenters. The molecule has 1 fully saturated rings. The van der Waals surface area contributed by atoms with Crippen LogP contribution in [0.25, 0.3) is 0 Å². The van der Waals surface area contributed by atoms with Gasteiger partial charge in [0.1, 0.15) is 0 Å². The van der Waals surface area contributed by atoms with Crippen LogP contribution in [-0.4, -0.2) is 35.9 Å². The Balaban J connectivity index is 2.08. The maximum absolute atomic E-state index is 9.16. The van der Waals surface area contributed by atoms with Crippen LogP contribution in [0, 0.1) is 0 Å². The van der Waals surface area contributed by atoms with Crippen LogP contribution in [0.3, 0.4) is 0 Å². The van der Waals surface area contributed by atoms with Crippen LogP contribution in [-0.2, 0) is 4.74 Å². The molecule has 0 bridgehead atoms. The monoisotopic (exact) mass is 214 g/mol. The number of hydrogen-bond donors (Lipinski definition) is 1. The maximum Gasteiger partial charge on any atom is 0.223 e. The summed E-state index contributed by atoms with van der Waals surface area (Å²) in [5, 5.41) is 11.7. The van der Waals surface area contributed by atoms with Crippen molar-refractivity contribution < 1.29 is 9.84 Å². The predicted octanol–water partition coefficient (Wildman–Crippen LogP) is 1.46. The van der Waals surface area contributed by atoms with Crippen LogP contribution < -0.4 is 4.90 Å². The second kappa shape index (κ2) is 4.14. The van der Waals surface area contributed by atoms with E-state index in [1.165, 1.54) is 11.3 Å². The van der Waals surface area contributed by atoms with Crippen LogP contribution in [0.1, 0.15) is 13.3 Å². The number of aromatic hydroxyl groups is 1. The first-order valence-electron chi connectivity index (χ1n) is 4.77. The Morgan fingerprint density at radius 3 is 3.29 bits per heavy atom. The lowest BCUT2D eigenvalue weighted by atomic mass is 10.4. The fourth-order valence-corrected chi connectivity index (χ4v) is 2.29. The summed E-state index contributed by atoms with van der Waals surface area (Å²) in [6.07, 6.45) is 1.26. The number of anilines is 1. The van der Waals surface area contributed by atoms with Crippen molar-refractivity contribution in [2.75, 3.05) is 24.6 Å². The van der Waals surface area contributed by atoms with Gasteiger partial charge in [0.15, 0.2) is 5.13 Å². The van der Waals surface area contributed by atoms with Crippen molar-refractivity contribution >= 4 is 16.5 Å². The molecule has 0 radical (unpaired) electrons. The summed E-state index contributed by atoms with van der Waals surface area (Å²) >= 11 is 1.48. The average Bonchev–Trinajstić information content (AvgIpc) is 2.45. The number of ether oxygens (including phenoxy) is 1. The molecule has 1 aromatic rings. The summed E-state index contributed by atoms with van der Waals surface area (Å²) in [5.41, 5.74) is 0. The fraction of sp³-hybridized carbons (Fsp3) is 0.667. The van der Waals surface area contributed by atoms with Crippen molar-refractivity contribution in [3.8, 4) is 5.88 Å². The highest BCUT2D eigenvalue weighted by atomic mass is 32.1. The summed E-state index contributed by atoms with van der Waals surface area (Å²) in [4.78, 5) is 6.22. The van der Waals surface area contributed by atoms with Gasteiger partial charge in [-0.2, -0.15) is 4.98 Å². The van der Waals surface area contributed by atoms with E-state index in [0.717, 1.165) is 31.2 Å². The van der Waals surface area contributed by atoms with Crippen LogP contribution in [0.15, 0.2) is 5.38 Å². The first-order valence-corrected chi connectivity index (χ1v) is 5.65. The van der Waals surface area contributed by atoms with Crippen LogP contribution >= 0.6 is 11.3 Å². The summed E-state index contributed by atoms with van der Waals surface area (Å²) in [6.45, 7) is 4.69. The van der Waals surface area contributed by atoms with Gasteiger partial charge in [0.05, 0.1) is 11.5 Å². The summed E-state index contributed by atoms with van der Waals surface area (Å²) in [7, 11) is 0. The third kappa shape index (κ3) is 2.16. The molecule has 78 valence electrons. The van der Waals surface area contributed by atoms with Crippen molar-refractivity contribution in [1.29, 1.82) is 0 Å². The molecule has 0 aliphatic carbocycles.